The van der Waals surface area contributed by atoms with Crippen molar-refractivity contribution in [1.82, 2.24) is 14.9 Å². The first kappa shape index (κ1) is 25.4. The van der Waals surface area contributed by atoms with E-state index >= 15 is 0 Å². The number of carbonyl (C=O) groups is 1. The highest BCUT2D eigenvalue weighted by molar-refractivity contribution is 6.30. The second-order valence-corrected chi connectivity index (χ2v) is 8.65. The number of alkyl halides is 3. The molecule has 0 spiro atoms. The Morgan fingerprint density at radius 3 is 2.36 bits per heavy atom. The van der Waals surface area contributed by atoms with Crippen molar-refractivity contribution >= 4 is 23.3 Å². The van der Waals surface area contributed by atoms with Crippen LogP contribution >= 0.6 is 11.6 Å². The van der Waals surface area contributed by atoms with Crippen LogP contribution in [0.5, 0.6) is 0 Å². The number of benzene rings is 2. The van der Waals surface area contributed by atoms with Crippen LogP contribution in [0.15, 0.2) is 48.5 Å². The van der Waals surface area contributed by atoms with Crippen molar-refractivity contribution < 1.29 is 22.4 Å². The van der Waals surface area contributed by atoms with Crippen molar-refractivity contribution in [1.29, 1.82) is 5.26 Å². The number of rotatable bonds is 5. The number of hydrogen-bond donors (Lipinski definition) is 0. The van der Waals surface area contributed by atoms with Gasteiger partial charge in [0.2, 0.25) is 0 Å². The molecule has 0 aliphatic carbocycles. The average Bonchev–Trinajstić information content (AvgIpc) is 2.84. The molecular formula is C25H20ClF4N5O. The molecule has 0 atom stereocenters. The summed E-state index contributed by atoms with van der Waals surface area (Å²) < 4.78 is 55.5. The zero-order valence-electron chi connectivity index (χ0n) is 18.9. The summed E-state index contributed by atoms with van der Waals surface area (Å²) in [4.78, 5) is 24.0. The Kier molecular flexibility index (Phi) is 7.40. The largest absolute Gasteiger partial charge is 0.433 e. The molecule has 4 rings (SSSR count). The zero-order chi connectivity index (χ0) is 25.9. The number of anilines is 1. The van der Waals surface area contributed by atoms with E-state index in [1.54, 1.807) is 40.1 Å². The minimum absolute atomic E-state index is 0.0800. The fourth-order valence-electron chi connectivity index (χ4n) is 4.07. The van der Waals surface area contributed by atoms with E-state index in [0.717, 1.165) is 0 Å². The quantitative estimate of drug-likeness (QED) is 0.450. The van der Waals surface area contributed by atoms with Crippen LogP contribution in [-0.4, -0.2) is 47.0 Å². The molecule has 1 aliphatic rings. The predicted octanol–water partition coefficient (Wildman–Crippen LogP) is 4.91. The second-order valence-electron chi connectivity index (χ2n) is 8.22. The average molecular weight is 518 g/mol. The van der Waals surface area contributed by atoms with Crippen LogP contribution in [0, 0.1) is 17.1 Å². The van der Waals surface area contributed by atoms with Crippen LogP contribution in [0.3, 0.4) is 0 Å². The molecule has 1 saturated heterocycles. The molecule has 3 aromatic rings. The van der Waals surface area contributed by atoms with Gasteiger partial charge in [0.15, 0.2) is 5.69 Å². The molecular weight excluding hydrogens is 498 g/mol. The molecule has 0 saturated carbocycles. The van der Waals surface area contributed by atoms with Crippen LogP contribution < -0.4 is 4.90 Å². The molecule has 186 valence electrons. The number of piperazine rings is 1. The van der Waals surface area contributed by atoms with Gasteiger partial charge in [-0.15, -0.1) is 0 Å². The van der Waals surface area contributed by atoms with Crippen LogP contribution in [-0.2, 0) is 19.0 Å². The number of nitriles is 1. The van der Waals surface area contributed by atoms with E-state index in [4.69, 9.17) is 16.9 Å². The first-order valence-electron chi connectivity index (χ1n) is 11.0. The van der Waals surface area contributed by atoms with Gasteiger partial charge in [-0.05, 0) is 42.0 Å². The van der Waals surface area contributed by atoms with Gasteiger partial charge < -0.3 is 9.80 Å². The lowest BCUT2D eigenvalue weighted by Crippen LogP contribution is -2.49. The Labute approximate surface area is 209 Å². The molecule has 0 unspecified atom stereocenters. The standard InChI is InChI=1S/C25H20ClF4N5O/c26-18-3-1-2-16(14-18)15-20-22(25(28,29)30)32-21(8-9-31)33-23(20)34-10-12-35(13-11-34)24(36)17-4-6-19(27)7-5-17/h1-7,14H,8,10-13,15H2. The number of carbonyl (C=O) groups excluding carboxylic acids is 1. The highest BCUT2D eigenvalue weighted by atomic mass is 35.5. The Bertz CT molecular complexity index is 1300. The lowest BCUT2D eigenvalue weighted by atomic mass is 10.0. The van der Waals surface area contributed by atoms with Crippen molar-refractivity contribution in [3.8, 4) is 6.07 Å². The van der Waals surface area contributed by atoms with Gasteiger partial charge in [0.1, 0.15) is 17.5 Å². The number of amides is 1. The van der Waals surface area contributed by atoms with Gasteiger partial charge in [-0.2, -0.15) is 18.4 Å². The fraction of sp³-hybridized carbons (Fsp3) is 0.280. The van der Waals surface area contributed by atoms with E-state index in [1.807, 2.05) is 0 Å². The van der Waals surface area contributed by atoms with Gasteiger partial charge in [0, 0.05) is 48.7 Å². The molecule has 1 aliphatic heterocycles. The van der Waals surface area contributed by atoms with Gasteiger partial charge in [0.25, 0.3) is 5.91 Å². The van der Waals surface area contributed by atoms with E-state index in [9.17, 15) is 22.4 Å². The smallest absolute Gasteiger partial charge is 0.353 e. The molecule has 2 heterocycles. The molecule has 11 heteroatoms. The van der Waals surface area contributed by atoms with E-state index in [2.05, 4.69) is 9.97 Å². The highest BCUT2D eigenvalue weighted by Gasteiger charge is 2.39. The maximum absolute atomic E-state index is 14.1. The summed E-state index contributed by atoms with van der Waals surface area (Å²) in [6.07, 6.45) is -5.26. The Morgan fingerprint density at radius 1 is 1.06 bits per heavy atom. The monoisotopic (exact) mass is 517 g/mol. The highest BCUT2D eigenvalue weighted by Crippen LogP contribution is 2.36. The first-order valence-corrected chi connectivity index (χ1v) is 11.4. The van der Waals surface area contributed by atoms with Crippen LogP contribution in [0.4, 0.5) is 23.4 Å². The first-order chi connectivity index (χ1) is 17.2. The summed E-state index contributed by atoms with van der Waals surface area (Å²) in [5, 5.41) is 9.45. The van der Waals surface area contributed by atoms with Crippen molar-refractivity contribution in [3.63, 3.8) is 0 Å². The fourth-order valence-corrected chi connectivity index (χ4v) is 4.29. The van der Waals surface area contributed by atoms with Crippen LogP contribution in [0.25, 0.3) is 0 Å². The summed E-state index contributed by atoms with van der Waals surface area (Å²) >= 11 is 6.04. The van der Waals surface area contributed by atoms with Crippen LogP contribution in [0.2, 0.25) is 5.02 Å². The maximum Gasteiger partial charge on any atom is 0.433 e. The van der Waals surface area contributed by atoms with Crippen molar-refractivity contribution in [2.24, 2.45) is 0 Å². The number of halogens is 5. The molecule has 0 bridgehead atoms. The lowest BCUT2D eigenvalue weighted by Gasteiger charge is -2.36. The zero-order valence-corrected chi connectivity index (χ0v) is 19.7. The summed E-state index contributed by atoms with van der Waals surface area (Å²) in [6, 6.07) is 13.5. The van der Waals surface area contributed by atoms with Gasteiger partial charge in [-0.1, -0.05) is 23.7 Å². The molecule has 6 nitrogen and oxygen atoms in total. The molecule has 0 radical (unpaired) electrons. The minimum Gasteiger partial charge on any atom is -0.353 e. The SMILES string of the molecule is N#CCc1nc(N2CCN(C(=O)c3ccc(F)cc3)CC2)c(Cc2cccc(Cl)c2)c(C(F)(F)F)n1. The third kappa shape index (κ3) is 5.74. The molecule has 1 fully saturated rings. The molecule has 2 aromatic carbocycles. The third-order valence-electron chi connectivity index (χ3n) is 5.76. The van der Waals surface area contributed by atoms with E-state index < -0.39 is 17.7 Å². The second kappa shape index (κ2) is 10.5. The Hall–Kier alpha value is -3.71. The normalized spacial score (nSPS) is 14.0. The Balaban J connectivity index is 1.66. The van der Waals surface area contributed by atoms with Crippen molar-refractivity contribution in [2.75, 3.05) is 31.1 Å². The van der Waals surface area contributed by atoms with Gasteiger partial charge in [0.05, 0.1) is 12.5 Å². The predicted molar refractivity (Wildman–Crippen MR) is 125 cm³/mol. The van der Waals surface area contributed by atoms with E-state index in [-0.39, 0.29) is 62.1 Å². The Morgan fingerprint density at radius 2 is 1.75 bits per heavy atom. The maximum atomic E-state index is 14.1. The van der Waals surface area contributed by atoms with Gasteiger partial charge in [-0.25, -0.2) is 14.4 Å². The summed E-state index contributed by atoms with van der Waals surface area (Å²) in [6.45, 7) is 0.892. The van der Waals surface area contributed by atoms with E-state index in [1.165, 1.54) is 24.3 Å². The van der Waals surface area contributed by atoms with Gasteiger partial charge in [-0.3, -0.25) is 4.79 Å². The lowest BCUT2D eigenvalue weighted by molar-refractivity contribution is -0.141. The molecule has 1 aromatic heterocycles. The molecule has 36 heavy (non-hydrogen) atoms. The number of aromatic nitrogens is 2. The number of nitrogens with zero attached hydrogens (tertiary/aromatic N) is 5. The third-order valence-corrected chi connectivity index (χ3v) is 6.00. The summed E-state index contributed by atoms with van der Waals surface area (Å²) in [7, 11) is 0. The summed E-state index contributed by atoms with van der Waals surface area (Å²) in [5.74, 6) is -0.894. The summed E-state index contributed by atoms with van der Waals surface area (Å²) in [5.41, 5.74) is -0.340. The van der Waals surface area contributed by atoms with Crippen LogP contribution in [0.1, 0.15) is 33.0 Å². The topological polar surface area (TPSA) is 73.1 Å². The molecule has 0 N–H and O–H groups in total. The minimum atomic E-state index is -4.77. The van der Waals surface area contributed by atoms with Crippen molar-refractivity contribution in [2.45, 2.75) is 19.0 Å². The van der Waals surface area contributed by atoms with E-state index in [0.29, 0.717) is 16.1 Å². The number of hydrogen-bond acceptors (Lipinski definition) is 5. The molecule has 1 amide bonds. The van der Waals surface area contributed by atoms with Gasteiger partial charge >= 0.3 is 6.18 Å². The van der Waals surface area contributed by atoms with Crippen molar-refractivity contribution in [3.05, 3.63) is 87.6 Å².